The molecule has 1 amide bonds. The van der Waals surface area contributed by atoms with E-state index in [2.05, 4.69) is 25.8 Å². The van der Waals surface area contributed by atoms with E-state index in [0.29, 0.717) is 41.2 Å². The van der Waals surface area contributed by atoms with Gasteiger partial charge in [0.25, 0.3) is 0 Å². The Balaban J connectivity index is 1.17. The van der Waals surface area contributed by atoms with E-state index in [9.17, 15) is 9.59 Å². The van der Waals surface area contributed by atoms with Gasteiger partial charge >= 0.3 is 12.1 Å². The number of anilines is 1. The first-order valence-corrected chi connectivity index (χ1v) is 13.5. The highest BCUT2D eigenvalue weighted by Crippen LogP contribution is 2.29. The molecule has 13 heteroatoms. The molecular weight excluding hydrogens is 533 g/mol. The molecule has 1 saturated heterocycles. The van der Waals surface area contributed by atoms with Crippen LogP contribution in [0.15, 0.2) is 54.1 Å². The summed E-state index contributed by atoms with van der Waals surface area (Å²) in [5.74, 6) is -0.666. The molecule has 0 bridgehead atoms. The van der Waals surface area contributed by atoms with E-state index >= 15 is 4.39 Å². The van der Waals surface area contributed by atoms with Crippen LogP contribution in [0.25, 0.3) is 11.1 Å². The van der Waals surface area contributed by atoms with E-state index in [-0.39, 0.29) is 31.1 Å². The van der Waals surface area contributed by atoms with Crippen molar-refractivity contribution < 1.29 is 28.3 Å². The number of amides is 1. The molecule has 0 saturated carbocycles. The standard InChI is InChI=1S/C28H32FN7O5/c1-4-17(2)26(30-3)27(37)39-16-20-12-25(33-41-20)24-8-5-18(13-31-24)22-7-6-19(11-23(22)29)36-15-21(40-28(36)38)14-35-10-9-32-34-35/h5-11,13,17,20-21,26,30H,4,12,14-16H2,1-3H3/t17-,20-,21-,26-/m0/s1. The van der Waals surface area contributed by atoms with Gasteiger partial charge in [-0.2, -0.15) is 0 Å². The zero-order valence-corrected chi connectivity index (χ0v) is 23.1. The predicted molar refractivity (Wildman–Crippen MR) is 147 cm³/mol. The molecule has 2 aliphatic heterocycles. The Morgan fingerprint density at radius 2 is 2.12 bits per heavy atom. The molecule has 12 nitrogen and oxygen atoms in total. The van der Waals surface area contributed by atoms with Gasteiger partial charge < -0.3 is 19.6 Å². The minimum absolute atomic E-state index is 0.0852. The molecule has 0 aliphatic carbocycles. The van der Waals surface area contributed by atoms with E-state index in [4.69, 9.17) is 14.3 Å². The van der Waals surface area contributed by atoms with E-state index in [1.54, 1.807) is 54.6 Å². The molecule has 4 heterocycles. The van der Waals surface area contributed by atoms with Gasteiger partial charge in [-0.25, -0.2) is 13.9 Å². The van der Waals surface area contributed by atoms with Crippen LogP contribution < -0.4 is 10.2 Å². The Morgan fingerprint density at radius 1 is 1.27 bits per heavy atom. The van der Waals surface area contributed by atoms with Gasteiger partial charge in [0.2, 0.25) is 0 Å². The van der Waals surface area contributed by atoms with Crippen LogP contribution >= 0.6 is 0 Å². The fourth-order valence-electron chi connectivity index (χ4n) is 4.80. The maximum Gasteiger partial charge on any atom is 0.414 e. The van der Waals surface area contributed by atoms with Gasteiger partial charge in [-0.05, 0) is 37.2 Å². The topological polar surface area (TPSA) is 133 Å². The first-order valence-electron chi connectivity index (χ1n) is 13.5. The van der Waals surface area contributed by atoms with Crippen molar-refractivity contribution in [2.24, 2.45) is 11.1 Å². The highest BCUT2D eigenvalue weighted by molar-refractivity contribution is 5.99. The maximum atomic E-state index is 15.2. The average Bonchev–Trinajstić information content (AvgIpc) is 3.74. The van der Waals surface area contributed by atoms with Crippen LogP contribution in [0.2, 0.25) is 0 Å². The molecule has 1 fully saturated rings. The quantitative estimate of drug-likeness (QED) is 0.348. The van der Waals surface area contributed by atoms with Gasteiger partial charge in [0, 0.05) is 29.9 Å². The van der Waals surface area contributed by atoms with Crippen molar-refractivity contribution in [2.45, 2.75) is 51.5 Å². The highest BCUT2D eigenvalue weighted by Gasteiger charge is 2.33. The Kier molecular flexibility index (Phi) is 8.53. The van der Waals surface area contributed by atoms with Crippen molar-refractivity contribution in [1.82, 2.24) is 25.3 Å². The summed E-state index contributed by atoms with van der Waals surface area (Å²) in [6.45, 7) is 4.73. The smallest absolute Gasteiger partial charge is 0.414 e. The summed E-state index contributed by atoms with van der Waals surface area (Å²) < 4.78 is 27.6. The van der Waals surface area contributed by atoms with Crippen LogP contribution in [0.4, 0.5) is 14.9 Å². The number of esters is 1. The molecule has 3 aromatic rings. The molecule has 0 unspecified atom stereocenters. The molecule has 2 aromatic heterocycles. The zero-order chi connectivity index (χ0) is 28.9. The normalized spacial score (nSPS) is 19.9. The van der Waals surface area contributed by atoms with Crippen LogP contribution in [-0.4, -0.2) is 76.2 Å². The summed E-state index contributed by atoms with van der Waals surface area (Å²) in [6.07, 6.45) is 4.70. The van der Waals surface area contributed by atoms with E-state index in [1.807, 2.05) is 13.8 Å². The summed E-state index contributed by atoms with van der Waals surface area (Å²) in [7, 11) is 1.74. The van der Waals surface area contributed by atoms with Gasteiger partial charge in [-0.1, -0.05) is 36.7 Å². The fraction of sp³-hybridized carbons (Fsp3) is 0.429. The lowest BCUT2D eigenvalue weighted by Gasteiger charge is -2.21. The number of aromatic nitrogens is 4. The largest absolute Gasteiger partial charge is 0.460 e. The minimum atomic E-state index is -0.543. The van der Waals surface area contributed by atoms with Crippen molar-refractivity contribution in [3.05, 3.63) is 60.4 Å². The lowest BCUT2D eigenvalue weighted by molar-refractivity contribution is -0.151. The lowest BCUT2D eigenvalue weighted by Crippen LogP contribution is -2.41. The van der Waals surface area contributed by atoms with E-state index in [0.717, 1.165) is 6.42 Å². The number of ether oxygens (including phenoxy) is 2. The molecule has 1 N–H and O–H groups in total. The Bertz CT molecular complexity index is 1400. The molecule has 2 aliphatic rings. The van der Waals surface area contributed by atoms with Gasteiger partial charge in [-0.3, -0.25) is 14.7 Å². The summed E-state index contributed by atoms with van der Waals surface area (Å²) in [4.78, 5) is 36.1. The SMILES string of the molecule is CC[C@H](C)[C@H](NC)C(=O)OC[C@@H]1CC(c2ccc(-c3ccc(N4C[C@H](Cn5ccnn5)OC4=O)cc3F)cn2)=NO1. The summed E-state index contributed by atoms with van der Waals surface area (Å²) in [5, 5.41) is 14.7. The number of rotatable bonds is 11. The fourth-order valence-corrected chi connectivity index (χ4v) is 4.80. The number of hydrogen-bond acceptors (Lipinski definition) is 10. The molecule has 5 rings (SSSR count). The van der Waals surface area contributed by atoms with Crippen molar-refractivity contribution in [2.75, 3.05) is 25.1 Å². The van der Waals surface area contributed by atoms with Crippen molar-refractivity contribution in [3.63, 3.8) is 0 Å². The number of cyclic esters (lactones) is 1. The number of oxime groups is 1. The number of hydrogen-bond donors (Lipinski definition) is 1. The maximum absolute atomic E-state index is 15.2. The molecule has 0 spiro atoms. The van der Waals surface area contributed by atoms with Gasteiger partial charge in [0.15, 0.2) is 6.10 Å². The monoisotopic (exact) mass is 565 g/mol. The number of nitrogens with one attached hydrogen (secondary N) is 1. The predicted octanol–water partition coefficient (Wildman–Crippen LogP) is 3.17. The van der Waals surface area contributed by atoms with Gasteiger partial charge in [-0.15, -0.1) is 5.10 Å². The molecular formula is C28H32FN7O5. The summed E-state index contributed by atoms with van der Waals surface area (Å²) in [6, 6.07) is 7.70. The number of halogens is 1. The number of pyridine rings is 1. The Labute approximate surface area is 236 Å². The molecule has 0 radical (unpaired) electrons. The second kappa shape index (κ2) is 12.4. The van der Waals surface area contributed by atoms with Crippen molar-refractivity contribution in [3.8, 4) is 11.1 Å². The Hall–Kier alpha value is -4.39. The number of carbonyl (C=O) groups excluding carboxylic acids is 2. The zero-order valence-electron chi connectivity index (χ0n) is 23.1. The third-order valence-corrected chi connectivity index (χ3v) is 7.29. The van der Waals surface area contributed by atoms with Gasteiger partial charge in [0.1, 0.15) is 30.3 Å². The molecule has 4 atom stereocenters. The highest BCUT2D eigenvalue weighted by atomic mass is 19.1. The van der Waals surface area contributed by atoms with Crippen molar-refractivity contribution in [1.29, 1.82) is 0 Å². The molecule has 1 aromatic carbocycles. The first kappa shape index (κ1) is 28.1. The molecule has 41 heavy (non-hydrogen) atoms. The van der Waals surface area contributed by atoms with Crippen LogP contribution in [0.1, 0.15) is 32.4 Å². The van der Waals surface area contributed by atoms with E-state index in [1.165, 1.54) is 11.0 Å². The first-order chi connectivity index (χ1) is 19.9. The van der Waals surface area contributed by atoms with Crippen LogP contribution in [-0.2, 0) is 25.7 Å². The number of carbonyl (C=O) groups is 2. The second-order valence-electron chi connectivity index (χ2n) is 10.1. The van der Waals surface area contributed by atoms with Crippen LogP contribution in [0.5, 0.6) is 0 Å². The third kappa shape index (κ3) is 6.35. The number of benzene rings is 1. The molecule has 216 valence electrons. The Morgan fingerprint density at radius 3 is 2.80 bits per heavy atom. The summed E-state index contributed by atoms with van der Waals surface area (Å²) in [5.41, 5.74) is 2.52. The average molecular weight is 566 g/mol. The minimum Gasteiger partial charge on any atom is -0.460 e. The second-order valence-corrected chi connectivity index (χ2v) is 10.1. The lowest BCUT2D eigenvalue weighted by atomic mass is 9.99. The third-order valence-electron chi connectivity index (χ3n) is 7.29. The number of nitrogens with zero attached hydrogens (tertiary/aromatic N) is 6. The summed E-state index contributed by atoms with van der Waals surface area (Å²) >= 11 is 0. The van der Waals surface area contributed by atoms with Gasteiger partial charge in [0.05, 0.1) is 30.7 Å². The van der Waals surface area contributed by atoms with Crippen LogP contribution in [0, 0.1) is 11.7 Å². The van der Waals surface area contributed by atoms with Crippen molar-refractivity contribution >= 4 is 23.5 Å². The van der Waals surface area contributed by atoms with E-state index < -0.39 is 24.1 Å². The number of likely N-dealkylation sites (N-methyl/N-ethyl adjacent to an activating group) is 1. The van der Waals surface area contributed by atoms with Crippen LogP contribution in [0.3, 0.4) is 0 Å².